The van der Waals surface area contributed by atoms with E-state index in [2.05, 4.69) is 15.6 Å². The van der Waals surface area contributed by atoms with Crippen LogP contribution < -0.4 is 24.8 Å². The molecular formula is C24H20ClF4N3O5. The topological polar surface area (TPSA) is 98.8 Å². The van der Waals surface area contributed by atoms with E-state index >= 15 is 0 Å². The third-order valence-electron chi connectivity index (χ3n) is 4.88. The van der Waals surface area contributed by atoms with Gasteiger partial charge < -0.3 is 19.5 Å². The monoisotopic (exact) mass is 541 g/mol. The van der Waals surface area contributed by atoms with E-state index in [1.54, 1.807) is 25.1 Å². The van der Waals surface area contributed by atoms with Gasteiger partial charge in [-0.05, 0) is 37.6 Å². The second-order valence-electron chi connectivity index (χ2n) is 7.55. The lowest BCUT2D eigenvalue weighted by molar-refractivity contribution is -0.189. The van der Waals surface area contributed by atoms with Crippen LogP contribution in [0.1, 0.15) is 22.8 Å². The highest BCUT2D eigenvalue weighted by Crippen LogP contribution is 2.35. The summed E-state index contributed by atoms with van der Waals surface area (Å²) in [4.78, 5) is 29.2. The highest BCUT2D eigenvalue weighted by atomic mass is 35.5. The Morgan fingerprint density at radius 2 is 1.78 bits per heavy atom. The van der Waals surface area contributed by atoms with Crippen LogP contribution in [0.25, 0.3) is 0 Å². The molecule has 3 rings (SSSR count). The van der Waals surface area contributed by atoms with Gasteiger partial charge in [0.25, 0.3) is 5.91 Å². The molecule has 0 saturated carbocycles. The summed E-state index contributed by atoms with van der Waals surface area (Å²) in [5.41, 5.74) is -0.737. The molecule has 13 heteroatoms. The second-order valence-corrected chi connectivity index (χ2v) is 7.93. The van der Waals surface area contributed by atoms with Gasteiger partial charge in [0, 0.05) is 12.3 Å². The second kappa shape index (κ2) is 11.3. The number of halogens is 5. The third-order valence-corrected chi connectivity index (χ3v) is 5.23. The van der Waals surface area contributed by atoms with Crippen LogP contribution in [0.3, 0.4) is 0 Å². The Morgan fingerprint density at radius 3 is 2.41 bits per heavy atom. The molecule has 2 aromatic carbocycles. The number of carbonyl (C=O) groups excluding carboxylic acids is 2. The molecule has 2 amide bonds. The summed E-state index contributed by atoms with van der Waals surface area (Å²) >= 11 is 6.19. The number of aryl methyl sites for hydroxylation is 1. The molecule has 0 spiro atoms. The van der Waals surface area contributed by atoms with Crippen molar-refractivity contribution in [1.29, 1.82) is 0 Å². The zero-order valence-electron chi connectivity index (χ0n) is 19.6. The van der Waals surface area contributed by atoms with Crippen LogP contribution >= 0.6 is 11.6 Å². The number of para-hydroxylation sites is 1. The Balaban J connectivity index is 1.96. The van der Waals surface area contributed by atoms with Crippen LogP contribution in [-0.4, -0.2) is 36.4 Å². The molecule has 1 atom stereocenters. The van der Waals surface area contributed by atoms with Crippen LogP contribution in [-0.2, 0) is 0 Å². The number of ether oxygens (including phenoxy) is 3. The number of benzene rings is 2. The van der Waals surface area contributed by atoms with E-state index in [1.807, 2.05) is 0 Å². The minimum atomic E-state index is -4.81. The van der Waals surface area contributed by atoms with E-state index in [1.165, 1.54) is 25.4 Å². The number of rotatable bonds is 7. The van der Waals surface area contributed by atoms with Crippen molar-refractivity contribution in [1.82, 2.24) is 4.98 Å². The molecule has 0 aliphatic heterocycles. The van der Waals surface area contributed by atoms with Gasteiger partial charge in [-0.1, -0.05) is 29.8 Å². The van der Waals surface area contributed by atoms with Crippen molar-refractivity contribution < 1.29 is 41.4 Å². The van der Waals surface area contributed by atoms with Gasteiger partial charge in [-0.25, -0.2) is 14.2 Å². The van der Waals surface area contributed by atoms with E-state index in [0.717, 1.165) is 6.07 Å². The number of hydrogen-bond donors (Lipinski definition) is 2. The van der Waals surface area contributed by atoms with E-state index in [4.69, 9.17) is 25.8 Å². The Labute approximate surface area is 213 Å². The largest absolute Gasteiger partial charge is 0.480 e. The first-order valence-corrected chi connectivity index (χ1v) is 10.9. The van der Waals surface area contributed by atoms with Crippen molar-refractivity contribution in [2.24, 2.45) is 0 Å². The highest BCUT2D eigenvalue weighted by molar-refractivity contribution is 6.35. The van der Waals surface area contributed by atoms with E-state index in [9.17, 15) is 27.2 Å². The number of pyridine rings is 1. The number of nitrogens with zero attached hydrogens (tertiary/aromatic N) is 1. The maximum atomic E-state index is 14.9. The number of aromatic nitrogens is 1. The zero-order chi connectivity index (χ0) is 27.3. The number of carbonyl (C=O) groups is 2. The van der Waals surface area contributed by atoms with Gasteiger partial charge in [0.2, 0.25) is 5.88 Å². The minimum Gasteiger partial charge on any atom is -0.480 e. The van der Waals surface area contributed by atoms with Gasteiger partial charge in [0.05, 0.1) is 24.0 Å². The number of nitrogens with one attached hydrogen (secondary N) is 2. The third kappa shape index (κ3) is 6.79. The predicted octanol–water partition coefficient (Wildman–Crippen LogP) is 6.38. The van der Waals surface area contributed by atoms with Crippen molar-refractivity contribution in [2.75, 3.05) is 17.7 Å². The summed E-state index contributed by atoms with van der Waals surface area (Å²) in [6.45, 7) is 2.26. The molecule has 37 heavy (non-hydrogen) atoms. The number of alkyl halides is 3. The van der Waals surface area contributed by atoms with Gasteiger partial charge in [-0.15, -0.1) is 0 Å². The van der Waals surface area contributed by atoms with Crippen LogP contribution in [0, 0.1) is 12.7 Å². The molecule has 1 unspecified atom stereocenters. The molecule has 3 aromatic rings. The lowest BCUT2D eigenvalue weighted by Gasteiger charge is -2.21. The van der Waals surface area contributed by atoms with Gasteiger partial charge >= 0.3 is 12.3 Å². The van der Waals surface area contributed by atoms with Crippen LogP contribution in [0.4, 0.5) is 33.7 Å². The van der Waals surface area contributed by atoms with Crippen LogP contribution in [0.5, 0.6) is 17.4 Å². The number of hydrogen-bond acceptors (Lipinski definition) is 6. The normalized spacial score (nSPS) is 11.9. The molecule has 0 aliphatic carbocycles. The summed E-state index contributed by atoms with van der Waals surface area (Å²) in [5.74, 6) is -2.73. The SMILES string of the molecule is COc1ncc(C)c(NC(=O)c2cc(F)c(NC(=O)Oc3ccccc3)cc2OC(C)C(F)(F)F)c1Cl. The highest BCUT2D eigenvalue weighted by Gasteiger charge is 2.39. The molecule has 0 radical (unpaired) electrons. The quantitative estimate of drug-likeness (QED) is 0.337. The van der Waals surface area contributed by atoms with Gasteiger partial charge in [0.1, 0.15) is 22.3 Å². The lowest BCUT2D eigenvalue weighted by Crippen LogP contribution is -2.32. The molecule has 0 bridgehead atoms. The fourth-order valence-electron chi connectivity index (χ4n) is 2.95. The summed E-state index contributed by atoms with van der Waals surface area (Å²) < 4.78 is 69.5. The smallest absolute Gasteiger partial charge is 0.425 e. The molecule has 0 saturated heterocycles. The fourth-order valence-corrected chi connectivity index (χ4v) is 3.27. The van der Waals surface area contributed by atoms with Gasteiger partial charge in [0.15, 0.2) is 6.10 Å². The first kappa shape index (κ1) is 27.5. The summed E-state index contributed by atoms with van der Waals surface area (Å²) in [6.07, 6.45) is -6.96. The molecule has 1 heterocycles. The lowest BCUT2D eigenvalue weighted by atomic mass is 10.1. The average molecular weight is 542 g/mol. The number of methoxy groups -OCH3 is 1. The zero-order valence-corrected chi connectivity index (χ0v) is 20.3. The van der Waals surface area contributed by atoms with E-state index in [-0.39, 0.29) is 22.3 Å². The number of amides is 2. The predicted molar refractivity (Wildman–Crippen MR) is 127 cm³/mol. The van der Waals surface area contributed by atoms with Crippen molar-refractivity contribution >= 4 is 35.0 Å². The average Bonchev–Trinajstić information content (AvgIpc) is 2.83. The van der Waals surface area contributed by atoms with Gasteiger partial charge in [-0.3, -0.25) is 10.1 Å². The summed E-state index contributed by atoms with van der Waals surface area (Å²) in [5, 5.41) is 4.42. The van der Waals surface area contributed by atoms with Crippen LogP contribution in [0.2, 0.25) is 5.02 Å². The molecule has 0 aliphatic rings. The molecule has 0 fully saturated rings. The van der Waals surface area contributed by atoms with Crippen molar-refractivity contribution in [2.45, 2.75) is 26.1 Å². The molecule has 196 valence electrons. The molecule has 2 N–H and O–H groups in total. The van der Waals surface area contributed by atoms with E-state index in [0.29, 0.717) is 18.6 Å². The minimum absolute atomic E-state index is 0.0209. The molecular weight excluding hydrogens is 522 g/mol. The first-order valence-electron chi connectivity index (χ1n) is 10.5. The fraction of sp³-hybridized carbons (Fsp3) is 0.208. The van der Waals surface area contributed by atoms with Crippen molar-refractivity contribution in [3.8, 4) is 17.4 Å². The maximum absolute atomic E-state index is 14.9. The van der Waals surface area contributed by atoms with E-state index < -0.39 is 47.1 Å². The summed E-state index contributed by atoms with van der Waals surface area (Å²) in [7, 11) is 1.30. The Hall–Kier alpha value is -4.06. The Morgan fingerprint density at radius 1 is 1.11 bits per heavy atom. The van der Waals surface area contributed by atoms with Crippen molar-refractivity contribution in [3.63, 3.8) is 0 Å². The maximum Gasteiger partial charge on any atom is 0.425 e. The molecule has 1 aromatic heterocycles. The number of anilines is 2. The van der Waals surface area contributed by atoms with Gasteiger partial charge in [-0.2, -0.15) is 13.2 Å². The van der Waals surface area contributed by atoms with Crippen molar-refractivity contribution in [3.05, 3.63) is 70.6 Å². The molecule has 8 nitrogen and oxygen atoms in total. The van der Waals surface area contributed by atoms with Crippen LogP contribution in [0.15, 0.2) is 48.7 Å². The summed E-state index contributed by atoms with van der Waals surface area (Å²) in [6, 6.07) is 9.15. The first-order chi connectivity index (χ1) is 17.4. The Kier molecular flexibility index (Phi) is 8.43. The Bertz CT molecular complexity index is 1310. The standard InChI is InChI=1S/C24H20ClF4N3O5/c1-12-11-30-22(35-3)19(25)20(12)32-21(33)15-9-16(26)17(10-18(15)36-13(2)24(27,28)29)31-23(34)37-14-7-5-4-6-8-14/h4-11,13H,1-3H3,(H,31,34)(H,30,32,33).